The number of alkyl halides is 1. The zero-order valence-electron chi connectivity index (χ0n) is 8.73. The molecule has 1 aromatic heterocycles. The van der Waals surface area contributed by atoms with Crippen LogP contribution in [0.15, 0.2) is 36.7 Å². The molecule has 0 radical (unpaired) electrons. The zero-order chi connectivity index (χ0) is 12.3. The molecule has 1 heterocycles. The minimum Gasteiger partial charge on any atom is -0.323 e. The van der Waals surface area contributed by atoms with Crippen molar-refractivity contribution in [3.8, 4) is 5.69 Å². The molecule has 0 spiro atoms. The highest BCUT2D eigenvalue weighted by atomic mass is 35.5. The van der Waals surface area contributed by atoms with Crippen LogP contribution in [0.2, 0.25) is 5.02 Å². The summed E-state index contributed by atoms with van der Waals surface area (Å²) in [5, 5.41) is 7.31. The third kappa shape index (κ3) is 2.78. The smallest absolute Gasteiger partial charge is 0.239 e. The van der Waals surface area contributed by atoms with Gasteiger partial charge in [-0.15, -0.1) is 11.6 Å². The van der Waals surface area contributed by atoms with E-state index in [2.05, 4.69) is 10.4 Å². The van der Waals surface area contributed by atoms with E-state index in [1.54, 1.807) is 41.3 Å². The Kier molecular flexibility index (Phi) is 3.66. The van der Waals surface area contributed by atoms with Gasteiger partial charge in [0.1, 0.15) is 5.88 Å². The predicted molar refractivity (Wildman–Crippen MR) is 67.9 cm³/mol. The summed E-state index contributed by atoms with van der Waals surface area (Å²) in [5.74, 6) is -0.396. The summed E-state index contributed by atoms with van der Waals surface area (Å²) in [5.41, 5.74) is 1.31. The second-order valence-electron chi connectivity index (χ2n) is 3.29. The molecule has 0 saturated carbocycles. The lowest BCUT2D eigenvalue weighted by Gasteiger charge is -2.10. The summed E-state index contributed by atoms with van der Waals surface area (Å²) in [7, 11) is 0. The molecule has 0 saturated heterocycles. The van der Waals surface area contributed by atoms with Crippen molar-refractivity contribution in [2.24, 2.45) is 0 Å². The van der Waals surface area contributed by atoms with Gasteiger partial charge in [-0.2, -0.15) is 5.10 Å². The number of anilines is 1. The average molecular weight is 270 g/mol. The van der Waals surface area contributed by atoms with E-state index >= 15 is 0 Å². The number of halogens is 2. The second kappa shape index (κ2) is 5.21. The first-order chi connectivity index (χ1) is 8.20. The lowest BCUT2D eigenvalue weighted by Crippen LogP contribution is -2.14. The first-order valence-corrected chi connectivity index (χ1v) is 5.77. The Labute approximate surface area is 108 Å². The van der Waals surface area contributed by atoms with Gasteiger partial charge in [0, 0.05) is 17.4 Å². The van der Waals surface area contributed by atoms with Crippen molar-refractivity contribution in [1.29, 1.82) is 0 Å². The minimum absolute atomic E-state index is 0.106. The van der Waals surface area contributed by atoms with E-state index in [1.165, 1.54) is 0 Å². The van der Waals surface area contributed by atoms with E-state index in [1.807, 2.05) is 0 Å². The van der Waals surface area contributed by atoms with Gasteiger partial charge in [0.2, 0.25) is 5.91 Å². The lowest BCUT2D eigenvalue weighted by atomic mass is 10.2. The molecule has 0 aliphatic heterocycles. The van der Waals surface area contributed by atoms with E-state index in [4.69, 9.17) is 23.2 Å². The van der Waals surface area contributed by atoms with Gasteiger partial charge in [0.15, 0.2) is 0 Å². The standard InChI is InChI=1S/C11H9Cl2N3O/c12-7-11(17)15-9-6-8(13)2-3-10(9)16-5-1-4-14-16/h1-6H,7H2,(H,15,17). The number of hydrogen-bond acceptors (Lipinski definition) is 2. The number of carbonyl (C=O) groups is 1. The number of benzene rings is 1. The maximum atomic E-state index is 11.3. The molecule has 0 aliphatic carbocycles. The van der Waals surface area contributed by atoms with Crippen LogP contribution >= 0.6 is 23.2 Å². The Bertz CT molecular complexity index is 526. The average Bonchev–Trinajstić information content (AvgIpc) is 2.82. The number of amides is 1. The van der Waals surface area contributed by atoms with E-state index in [0.717, 1.165) is 5.69 Å². The lowest BCUT2D eigenvalue weighted by molar-refractivity contribution is -0.113. The Morgan fingerprint density at radius 2 is 2.29 bits per heavy atom. The fraction of sp³-hybridized carbons (Fsp3) is 0.0909. The highest BCUT2D eigenvalue weighted by molar-refractivity contribution is 6.31. The fourth-order valence-corrected chi connectivity index (χ4v) is 1.64. The van der Waals surface area contributed by atoms with Crippen molar-refractivity contribution in [2.45, 2.75) is 0 Å². The number of aromatic nitrogens is 2. The molecule has 6 heteroatoms. The van der Waals surface area contributed by atoms with Gasteiger partial charge < -0.3 is 5.32 Å². The summed E-state index contributed by atoms with van der Waals surface area (Å²) in [6.45, 7) is 0. The fourth-order valence-electron chi connectivity index (χ4n) is 1.40. The van der Waals surface area contributed by atoms with Crippen LogP contribution in [0, 0.1) is 0 Å². The van der Waals surface area contributed by atoms with Crippen molar-refractivity contribution in [2.75, 3.05) is 11.2 Å². The summed E-state index contributed by atoms with van der Waals surface area (Å²) in [4.78, 5) is 11.3. The molecule has 2 aromatic rings. The molecule has 17 heavy (non-hydrogen) atoms. The van der Waals surface area contributed by atoms with Gasteiger partial charge in [-0.1, -0.05) is 11.6 Å². The highest BCUT2D eigenvalue weighted by Crippen LogP contribution is 2.24. The van der Waals surface area contributed by atoms with Crippen LogP contribution in [-0.4, -0.2) is 21.6 Å². The molecule has 0 atom stereocenters. The van der Waals surface area contributed by atoms with Crippen LogP contribution in [0.4, 0.5) is 5.69 Å². The van der Waals surface area contributed by atoms with E-state index in [0.29, 0.717) is 10.7 Å². The van der Waals surface area contributed by atoms with E-state index in [9.17, 15) is 4.79 Å². The number of rotatable bonds is 3. The maximum absolute atomic E-state index is 11.3. The third-order valence-electron chi connectivity index (χ3n) is 2.11. The highest BCUT2D eigenvalue weighted by Gasteiger charge is 2.08. The molecular weight excluding hydrogens is 261 g/mol. The van der Waals surface area contributed by atoms with E-state index < -0.39 is 0 Å². The van der Waals surface area contributed by atoms with Crippen molar-refractivity contribution in [3.05, 3.63) is 41.7 Å². The monoisotopic (exact) mass is 269 g/mol. The van der Waals surface area contributed by atoms with Crippen LogP contribution in [0.3, 0.4) is 0 Å². The molecular formula is C11H9Cl2N3O. The van der Waals surface area contributed by atoms with E-state index in [-0.39, 0.29) is 11.8 Å². The maximum Gasteiger partial charge on any atom is 0.239 e. The Morgan fingerprint density at radius 3 is 2.94 bits per heavy atom. The van der Waals surface area contributed by atoms with Crippen molar-refractivity contribution < 1.29 is 4.79 Å². The molecule has 4 nitrogen and oxygen atoms in total. The molecule has 88 valence electrons. The molecule has 2 rings (SSSR count). The van der Waals surface area contributed by atoms with Crippen LogP contribution in [0.25, 0.3) is 5.69 Å². The van der Waals surface area contributed by atoms with Crippen molar-refractivity contribution in [1.82, 2.24) is 9.78 Å². The van der Waals surface area contributed by atoms with Crippen LogP contribution in [-0.2, 0) is 4.79 Å². The van der Waals surface area contributed by atoms with Crippen molar-refractivity contribution in [3.63, 3.8) is 0 Å². The predicted octanol–water partition coefficient (Wildman–Crippen LogP) is 2.70. The summed E-state index contributed by atoms with van der Waals surface area (Å²) < 4.78 is 1.64. The number of nitrogens with zero attached hydrogens (tertiary/aromatic N) is 2. The Hall–Kier alpha value is -1.52. The minimum atomic E-state index is -0.290. The normalized spacial score (nSPS) is 10.2. The Balaban J connectivity index is 2.41. The van der Waals surface area contributed by atoms with Crippen LogP contribution in [0.1, 0.15) is 0 Å². The molecule has 0 aliphatic rings. The third-order valence-corrected chi connectivity index (χ3v) is 2.58. The largest absolute Gasteiger partial charge is 0.323 e. The molecule has 1 aromatic carbocycles. The zero-order valence-corrected chi connectivity index (χ0v) is 10.2. The SMILES string of the molecule is O=C(CCl)Nc1cc(Cl)ccc1-n1cccn1. The molecule has 0 bridgehead atoms. The van der Waals surface area contributed by atoms with Crippen molar-refractivity contribution >= 4 is 34.8 Å². The van der Waals surface area contributed by atoms with Crippen LogP contribution in [0.5, 0.6) is 0 Å². The molecule has 0 unspecified atom stereocenters. The summed E-state index contributed by atoms with van der Waals surface area (Å²) >= 11 is 11.3. The second-order valence-corrected chi connectivity index (χ2v) is 4.00. The van der Waals surface area contributed by atoms with Gasteiger partial charge in [-0.25, -0.2) is 4.68 Å². The van der Waals surface area contributed by atoms with Gasteiger partial charge >= 0.3 is 0 Å². The summed E-state index contributed by atoms with van der Waals surface area (Å²) in [6.07, 6.45) is 3.43. The van der Waals surface area contributed by atoms with Gasteiger partial charge in [-0.3, -0.25) is 4.79 Å². The van der Waals surface area contributed by atoms with Gasteiger partial charge in [-0.05, 0) is 24.3 Å². The number of carbonyl (C=O) groups excluding carboxylic acids is 1. The Morgan fingerprint density at radius 1 is 1.47 bits per heavy atom. The quantitative estimate of drug-likeness (QED) is 0.871. The molecule has 1 N–H and O–H groups in total. The number of nitrogens with one attached hydrogen (secondary N) is 1. The van der Waals surface area contributed by atoms with Gasteiger partial charge in [0.05, 0.1) is 11.4 Å². The summed E-state index contributed by atoms with van der Waals surface area (Å²) in [6, 6.07) is 6.96. The number of hydrogen-bond donors (Lipinski definition) is 1. The molecule has 1 amide bonds. The first kappa shape index (κ1) is 12.0. The van der Waals surface area contributed by atoms with Gasteiger partial charge in [0.25, 0.3) is 0 Å². The first-order valence-electron chi connectivity index (χ1n) is 4.86. The molecule has 0 fully saturated rings. The van der Waals surface area contributed by atoms with Crippen LogP contribution < -0.4 is 5.32 Å². The topological polar surface area (TPSA) is 46.9 Å².